The van der Waals surface area contributed by atoms with Crippen molar-refractivity contribution in [2.45, 2.75) is 5.38 Å². The van der Waals surface area contributed by atoms with E-state index in [1.54, 1.807) is 19.2 Å². The van der Waals surface area contributed by atoms with Crippen molar-refractivity contribution in [3.8, 4) is 5.75 Å². The van der Waals surface area contributed by atoms with Gasteiger partial charge in [-0.1, -0.05) is 29.3 Å². The molecule has 1 nitrogen and oxygen atoms in total. The molecule has 1 heterocycles. The molecule has 1 aromatic carbocycles. The summed E-state index contributed by atoms with van der Waals surface area (Å²) in [6.45, 7) is 0. The Labute approximate surface area is 133 Å². The Morgan fingerprint density at radius 2 is 2.00 bits per heavy atom. The summed E-state index contributed by atoms with van der Waals surface area (Å²) in [5.74, 6) is 0.670. The van der Waals surface area contributed by atoms with Crippen LogP contribution in [0, 0.1) is 0 Å². The van der Waals surface area contributed by atoms with Crippen LogP contribution in [0.5, 0.6) is 5.75 Å². The van der Waals surface area contributed by atoms with Crippen LogP contribution in [0.1, 0.15) is 15.8 Å². The summed E-state index contributed by atoms with van der Waals surface area (Å²) in [7, 11) is 1.59. The highest BCUT2D eigenvalue weighted by atomic mass is 79.9. The molecule has 0 amide bonds. The molecule has 2 aromatic rings. The van der Waals surface area contributed by atoms with Gasteiger partial charge in [0, 0.05) is 15.5 Å². The number of benzene rings is 1. The van der Waals surface area contributed by atoms with E-state index in [1.807, 2.05) is 12.1 Å². The summed E-state index contributed by atoms with van der Waals surface area (Å²) >= 11 is 23.3. The minimum absolute atomic E-state index is 0.314. The first-order chi connectivity index (χ1) is 8.52. The van der Waals surface area contributed by atoms with E-state index in [1.165, 1.54) is 11.3 Å². The van der Waals surface area contributed by atoms with Crippen molar-refractivity contribution in [2.24, 2.45) is 0 Å². The number of thiophene rings is 1. The third-order valence-corrected chi connectivity index (χ3v) is 5.76. The SMILES string of the molecule is COc1cc(Cl)ccc1C(Cl)c1cc(Cl)c(Br)s1. The van der Waals surface area contributed by atoms with Crippen molar-refractivity contribution < 1.29 is 4.74 Å². The van der Waals surface area contributed by atoms with Gasteiger partial charge in [0.15, 0.2) is 0 Å². The van der Waals surface area contributed by atoms with Crippen LogP contribution in [0.4, 0.5) is 0 Å². The maximum absolute atomic E-state index is 6.46. The largest absolute Gasteiger partial charge is 0.496 e. The third kappa shape index (κ3) is 2.97. The normalized spacial score (nSPS) is 12.5. The van der Waals surface area contributed by atoms with Crippen molar-refractivity contribution >= 4 is 62.1 Å². The fourth-order valence-corrected chi connectivity index (χ4v) is 3.82. The summed E-state index contributed by atoms with van der Waals surface area (Å²) in [4.78, 5) is 0.953. The van der Waals surface area contributed by atoms with Gasteiger partial charge in [0.25, 0.3) is 0 Å². The van der Waals surface area contributed by atoms with E-state index in [0.29, 0.717) is 15.8 Å². The zero-order chi connectivity index (χ0) is 13.3. The lowest BCUT2D eigenvalue weighted by molar-refractivity contribution is 0.410. The molecule has 1 atom stereocenters. The molecule has 0 aliphatic rings. The van der Waals surface area contributed by atoms with Gasteiger partial charge in [-0.15, -0.1) is 22.9 Å². The van der Waals surface area contributed by atoms with Crippen molar-refractivity contribution in [1.29, 1.82) is 0 Å². The van der Waals surface area contributed by atoms with Crippen molar-refractivity contribution in [3.05, 3.63) is 48.5 Å². The van der Waals surface area contributed by atoms with E-state index >= 15 is 0 Å². The molecule has 0 radical (unpaired) electrons. The van der Waals surface area contributed by atoms with Crippen molar-refractivity contribution in [1.82, 2.24) is 0 Å². The number of hydrogen-bond acceptors (Lipinski definition) is 2. The van der Waals surface area contributed by atoms with E-state index < -0.39 is 0 Å². The van der Waals surface area contributed by atoms with Crippen LogP contribution < -0.4 is 4.74 Å². The van der Waals surface area contributed by atoms with E-state index in [4.69, 9.17) is 39.5 Å². The Balaban J connectivity index is 2.42. The fraction of sp³-hybridized carbons (Fsp3) is 0.167. The zero-order valence-electron chi connectivity index (χ0n) is 9.22. The second-order valence-electron chi connectivity index (χ2n) is 3.52. The molecule has 0 saturated heterocycles. The van der Waals surface area contributed by atoms with Crippen LogP contribution in [0.25, 0.3) is 0 Å². The number of methoxy groups -OCH3 is 1. The number of hydrogen-bond donors (Lipinski definition) is 0. The van der Waals surface area contributed by atoms with Gasteiger partial charge in [-0.25, -0.2) is 0 Å². The summed E-state index contributed by atoms with van der Waals surface area (Å²) in [6, 6.07) is 7.25. The molecule has 96 valence electrons. The van der Waals surface area contributed by atoms with E-state index in [-0.39, 0.29) is 5.38 Å². The Kier molecular flexibility index (Phi) is 4.84. The molecule has 6 heteroatoms. The van der Waals surface area contributed by atoms with Crippen LogP contribution >= 0.6 is 62.1 Å². The van der Waals surface area contributed by atoms with Crippen LogP contribution in [-0.4, -0.2) is 7.11 Å². The van der Waals surface area contributed by atoms with E-state index in [9.17, 15) is 0 Å². The molecule has 0 saturated carbocycles. The fourth-order valence-electron chi connectivity index (χ4n) is 1.54. The molecule has 0 bridgehead atoms. The smallest absolute Gasteiger partial charge is 0.125 e. The van der Waals surface area contributed by atoms with Gasteiger partial charge in [-0.2, -0.15) is 0 Å². The number of alkyl halides is 1. The van der Waals surface area contributed by atoms with Crippen LogP contribution in [-0.2, 0) is 0 Å². The van der Waals surface area contributed by atoms with Gasteiger partial charge in [0.1, 0.15) is 5.75 Å². The second-order valence-corrected chi connectivity index (χ2v) is 7.20. The molecule has 0 aliphatic carbocycles. The quantitative estimate of drug-likeness (QED) is 0.575. The molecular formula is C12H8BrCl3OS. The molecule has 0 fully saturated rings. The zero-order valence-corrected chi connectivity index (χ0v) is 13.9. The van der Waals surface area contributed by atoms with Gasteiger partial charge in [0.2, 0.25) is 0 Å². The van der Waals surface area contributed by atoms with Crippen LogP contribution in [0.15, 0.2) is 28.1 Å². The lowest BCUT2D eigenvalue weighted by atomic mass is 10.1. The topological polar surface area (TPSA) is 9.23 Å². The van der Waals surface area contributed by atoms with Gasteiger partial charge in [0.05, 0.1) is 21.3 Å². The highest BCUT2D eigenvalue weighted by molar-refractivity contribution is 9.11. The van der Waals surface area contributed by atoms with Crippen molar-refractivity contribution in [2.75, 3.05) is 7.11 Å². The van der Waals surface area contributed by atoms with E-state index in [0.717, 1.165) is 14.2 Å². The predicted octanol–water partition coefficient (Wildman–Crippen LogP) is 6.15. The maximum Gasteiger partial charge on any atom is 0.125 e. The lowest BCUT2D eigenvalue weighted by Crippen LogP contribution is -1.95. The Morgan fingerprint density at radius 3 is 2.56 bits per heavy atom. The number of ether oxygens (including phenoxy) is 1. The van der Waals surface area contributed by atoms with Gasteiger partial charge in [-0.05, 0) is 34.1 Å². The first-order valence-corrected chi connectivity index (χ1v) is 7.75. The average Bonchev–Trinajstić information content (AvgIpc) is 2.68. The molecule has 0 spiro atoms. The summed E-state index contributed by atoms with van der Waals surface area (Å²) in [5, 5.41) is 0.962. The van der Waals surface area contributed by atoms with E-state index in [2.05, 4.69) is 15.9 Å². The second kappa shape index (κ2) is 6.02. The van der Waals surface area contributed by atoms with Crippen LogP contribution in [0.3, 0.4) is 0 Å². The molecular weight excluding hydrogens is 378 g/mol. The average molecular weight is 387 g/mol. The molecule has 0 N–H and O–H groups in total. The molecule has 0 aliphatic heterocycles. The molecule has 1 unspecified atom stereocenters. The number of rotatable bonds is 3. The minimum atomic E-state index is -0.314. The van der Waals surface area contributed by atoms with Gasteiger partial charge >= 0.3 is 0 Å². The Bertz CT molecular complexity index is 551. The van der Waals surface area contributed by atoms with Crippen molar-refractivity contribution in [3.63, 3.8) is 0 Å². The standard InChI is InChI=1S/C12H8BrCl3OS/c1-17-9-4-6(14)2-3-7(9)11(16)10-5-8(15)12(13)18-10/h2-5,11H,1H3. The highest BCUT2D eigenvalue weighted by Gasteiger charge is 2.19. The summed E-state index contributed by atoms with van der Waals surface area (Å²) in [6.07, 6.45) is 0. The Hall–Kier alpha value is 0.0700. The summed E-state index contributed by atoms with van der Waals surface area (Å²) < 4.78 is 6.17. The summed E-state index contributed by atoms with van der Waals surface area (Å²) in [5.41, 5.74) is 0.869. The maximum atomic E-state index is 6.46. The first kappa shape index (κ1) is 14.5. The molecule has 2 rings (SSSR count). The van der Waals surface area contributed by atoms with Crippen LogP contribution in [0.2, 0.25) is 10.0 Å². The predicted molar refractivity (Wildman–Crippen MR) is 82.7 cm³/mol. The monoisotopic (exact) mass is 384 g/mol. The highest BCUT2D eigenvalue weighted by Crippen LogP contribution is 2.43. The lowest BCUT2D eigenvalue weighted by Gasteiger charge is -2.12. The molecule has 18 heavy (non-hydrogen) atoms. The number of halogens is 4. The first-order valence-electron chi connectivity index (χ1n) is 4.95. The van der Waals surface area contributed by atoms with Gasteiger partial charge in [-0.3, -0.25) is 0 Å². The molecule has 1 aromatic heterocycles. The minimum Gasteiger partial charge on any atom is -0.496 e. The third-order valence-electron chi connectivity index (χ3n) is 2.38. The van der Waals surface area contributed by atoms with Gasteiger partial charge < -0.3 is 4.74 Å². The Morgan fingerprint density at radius 1 is 1.28 bits per heavy atom.